The van der Waals surface area contributed by atoms with Gasteiger partial charge in [0, 0.05) is 12.7 Å². The maximum atomic E-state index is 12.9. The molecule has 1 heterocycles. The van der Waals surface area contributed by atoms with Crippen molar-refractivity contribution in [2.75, 3.05) is 11.1 Å². The third kappa shape index (κ3) is 4.77. The predicted molar refractivity (Wildman–Crippen MR) is 115 cm³/mol. The summed E-state index contributed by atoms with van der Waals surface area (Å²) in [5, 5.41) is 13.9. The molecule has 8 heteroatoms. The summed E-state index contributed by atoms with van der Waals surface area (Å²) in [6.45, 7) is 0.268. The zero-order chi connectivity index (χ0) is 20.9. The maximum absolute atomic E-state index is 12.9. The van der Waals surface area contributed by atoms with E-state index in [9.17, 15) is 9.18 Å². The predicted octanol–water partition coefficient (Wildman–Crippen LogP) is 4.42. The molecule has 3 aromatic carbocycles. The number of carbonyl (C=O) groups is 1. The summed E-state index contributed by atoms with van der Waals surface area (Å²) < 4.78 is 20.6. The Labute approximate surface area is 177 Å². The third-order valence-electron chi connectivity index (χ3n) is 4.47. The molecule has 0 aliphatic rings. The summed E-state index contributed by atoms with van der Waals surface area (Å²) in [4.78, 5) is 12.1. The minimum absolute atomic E-state index is 0.162. The molecule has 1 aromatic heterocycles. The van der Waals surface area contributed by atoms with E-state index in [2.05, 4.69) is 21.6 Å². The quantitative estimate of drug-likeness (QED) is 0.447. The number of rotatable bonds is 7. The van der Waals surface area contributed by atoms with Crippen molar-refractivity contribution in [2.45, 2.75) is 11.8 Å². The highest BCUT2D eigenvalue weighted by Crippen LogP contribution is 2.22. The van der Waals surface area contributed by atoms with Crippen LogP contribution in [-0.4, -0.2) is 26.4 Å². The van der Waals surface area contributed by atoms with Crippen LogP contribution in [0.2, 0.25) is 0 Å². The largest absolute Gasteiger partial charge is 0.486 e. The van der Waals surface area contributed by atoms with E-state index in [0.29, 0.717) is 16.7 Å². The molecule has 1 amide bonds. The summed E-state index contributed by atoms with van der Waals surface area (Å²) >= 11 is 1.27. The monoisotopic (exact) mass is 422 g/mol. The number of hydrogen-bond donors (Lipinski definition) is 1. The van der Waals surface area contributed by atoms with Gasteiger partial charge in [0.2, 0.25) is 5.91 Å². The maximum Gasteiger partial charge on any atom is 0.234 e. The van der Waals surface area contributed by atoms with Crippen LogP contribution in [0.15, 0.2) is 71.9 Å². The number of ether oxygens (including phenoxy) is 1. The first kappa shape index (κ1) is 19.9. The highest BCUT2D eigenvalue weighted by atomic mass is 32.2. The molecule has 1 N–H and O–H groups in total. The molecule has 0 unspecified atom stereocenters. The van der Waals surface area contributed by atoms with Crippen LogP contribution in [0.5, 0.6) is 5.75 Å². The number of halogens is 1. The van der Waals surface area contributed by atoms with Gasteiger partial charge in [0.15, 0.2) is 11.0 Å². The van der Waals surface area contributed by atoms with Crippen molar-refractivity contribution in [3.8, 4) is 5.75 Å². The fourth-order valence-electron chi connectivity index (χ4n) is 2.86. The summed E-state index contributed by atoms with van der Waals surface area (Å²) in [7, 11) is 1.83. The molecule has 0 fully saturated rings. The van der Waals surface area contributed by atoms with Crippen molar-refractivity contribution in [3.63, 3.8) is 0 Å². The SMILES string of the molecule is Cn1c(COc2ccc3ccccc3c2)nnc1SCC(=O)Nc1ccc(F)cc1. The Hall–Kier alpha value is -3.39. The number of aromatic nitrogens is 3. The van der Waals surface area contributed by atoms with Gasteiger partial charge in [0.1, 0.15) is 18.2 Å². The van der Waals surface area contributed by atoms with Crippen LogP contribution in [0.3, 0.4) is 0 Å². The summed E-state index contributed by atoms with van der Waals surface area (Å²) in [6.07, 6.45) is 0. The van der Waals surface area contributed by atoms with Gasteiger partial charge in [-0.25, -0.2) is 4.39 Å². The number of nitrogens with zero attached hydrogens (tertiary/aromatic N) is 3. The lowest BCUT2D eigenvalue weighted by atomic mass is 10.1. The molecular formula is C22H19FN4O2S. The standard InChI is InChI=1S/C22H19FN4O2S/c1-27-20(13-29-19-11-6-15-4-2-3-5-16(15)12-19)25-26-22(27)30-14-21(28)24-18-9-7-17(23)8-10-18/h2-12H,13-14H2,1H3,(H,24,28). The van der Waals surface area contributed by atoms with Gasteiger partial charge in [-0.3, -0.25) is 4.79 Å². The molecule has 0 aliphatic heterocycles. The van der Waals surface area contributed by atoms with Gasteiger partial charge in [0.25, 0.3) is 0 Å². The minimum Gasteiger partial charge on any atom is -0.486 e. The average Bonchev–Trinajstić information content (AvgIpc) is 3.11. The van der Waals surface area contributed by atoms with Crippen LogP contribution in [0, 0.1) is 5.82 Å². The first-order valence-electron chi connectivity index (χ1n) is 9.26. The van der Waals surface area contributed by atoms with Gasteiger partial charge in [-0.1, -0.05) is 42.1 Å². The zero-order valence-electron chi connectivity index (χ0n) is 16.2. The van der Waals surface area contributed by atoms with Crippen LogP contribution in [0.25, 0.3) is 10.8 Å². The van der Waals surface area contributed by atoms with Gasteiger partial charge in [-0.05, 0) is 47.2 Å². The minimum atomic E-state index is -0.347. The van der Waals surface area contributed by atoms with E-state index in [0.717, 1.165) is 16.5 Å². The van der Waals surface area contributed by atoms with Crippen LogP contribution < -0.4 is 10.1 Å². The van der Waals surface area contributed by atoms with E-state index < -0.39 is 0 Å². The number of anilines is 1. The van der Waals surface area contributed by atoms with Crippen LogP contribution in [0.4, 0.5) is 10.1 Å². The molecule has 30 heavy (non-hydrogen) atoms. The molecule has 0 atom stereocenters. The van der Waals surface area contributed by atoms with Crippen LogP contribution in [-0.2, 0) is 18.4 Å². The molecule has 4 aromatic rings. The number of fused-ring (bicyclic) bond motifs is 1. The number of nitrogens with one attached hydrogen (secondary N) is 1. The Bertz CT molecular complexity index is 1180. The molecule has 0 spiro atoms. The lowest BCUT2D eigenvalue weighted by molar-refractivity contribution is -0.113. The van der Waals surface area contributed by atoms with Crippen molar-refractivity contribution in [1.29, 1.82) is 0 Å². The average molecular weight is 422 g/mol. The van der Waals surface area contributed by atoms with Crippen molar-refractivity contribution >= 4 is 34.1 Å². The fourth-order valence-corrected chi connectivity index (χ4v) is 3.59. The first-order valence-corrected chi connectivity index (χ1v) is 10.2. The topological polar surface area (TPSA) is 69.0 Å². The zero-order valence-corrected chi connectivity index (χ0v) is 17.0. The number of hydrogen-bond acceptors (Lipinski definition) is 5. The third-order valence-corrected chi connectivity index (χ3v) is 5.49. The van der Waals surface area contributed by atoms with Gasteiger partial charge in [-0.15, -0.1) is 10.2 Å². The molecule has 4 rings (SSSR count). The Morgan fingerprint density at radius 2 is 1.83 bits per heavy atom. The molecule has 0 saturated carbocycles. The lowest BCUT2D eigenvalue weighted by Crippen LogP contribution is -2.14. The van der Waals surface area contributed by atoms with E-state index in [1.807, 2.05) is 43.4 Å². The fraction of sp³-hybridized carbons (Fsp3) is 0.136. The highest BCUT2D eigenvalue weighted by molar-refractivity contribution is 7.99. The molecule has 0 radical (unpaired) electrons. The molecular weight excluding hydrogens is 403 g/mol. The normalized spacial score (nSPS) is 10.9. The lowest BCUT2D eigenvalue weighted by Gasteiger charge is -2.08. The van der Waals surface area contributed by atoms with Gasteiger partial charge >= 0.3 is 0 Å². The van der Waals surface area contributed by atoms with E-state index in [1.165, 1.54) is 36.0 Å². The van der Waals surface area contributed by atoms with E-state index in [1.54, 1.807) is 4.57 Å². The van der Waals surface area contributed by atoms with Gasteiger partial charge < -0.3 is 14.6 Å². The smallest absolute Gasteiger partial charge is 0.234 e. The van der Waals surface area contributed by atoms with E-state index in [-0.39, 0.29) is 24.1 Å². The second-order valence-electron chi connectivity index (χ2n) is 6.60. The van der Waals surface area contributed by atoms with E-state index >= 15 is 0 Å². The number of carbonyl (C=O) groups excluding carboxylic acids is 1. The molecule has 152 valence electrons. The number of benzene rings is 3. The van der Waals surface area contributed by atoms with Crippen molar-refractivity contribution in [2.24, 2.45) is 7.05 Å². The van der Waals surface area contributed by atoms with E-state index in [4.69, 9.17) is 4.74 Å². The van der Waals surface area contributed by atoms with Gasteiger partial charge in [-0.2, -0.15) is 0 Å². The Balaban J connectivity index is 1.32. The van der Waals surface area contributed by atoms with Crippen molar-refractivity contribution in [3.05, 3.63) is 78.4 Å². The molecule has 6 nitrogen and oxygen atoms in total. The van der Waals surface area contributed by atoms with Crippen LogP contribution in [0.1, 0.15) is 5.82 Å². The molecule has 0 saturated heterocycles. The Kier molecular flexibility index (Phi) is 5.94. The van der Waals surface area contributed by atoms with Crippen LogP contribution >= 0.6 is 11.8 Å². The second-order valence-corrected chi connectivity index (χ2v) is 7.54. The molecule has 0 bridgehead atoms. The van der Waals surface area contributed by atoms with Gasteiger partial charge in [0.05, 0.1) is 5.75 Å². The Morgan fingerprint density at radius 1 is 1.07 bits per heavy atom. The number of amides is 1. The summed E-state index contributed by atoms with van der Waals surface area (Å²) in [5.41, 5.74) is 0.546. The van der Waals surface area contributed by atoms with Crippen molar-refractivity contribution in [1.82, 2.24) is 14.8 Å². The summed E-state index contributed by atoms with van der Waals surface area (Å²) in [6, 6.07) is 19.6. The summed E-state index contributed by atoms with van der Waals surface area (Å²) in [5.74, 6) is 1.02. The molecule has 0 aliphatic carbocycles. The number of thioether (sulfide) groups is 1. The second kappa shape index (κ2) is 8.96. The first-order chi connectivity index (χ1) is 14.6. The highest BCUT2D eigenvalue weighted by Gasteiger charge is 2.12. The Morgan fingerprint density at radius 3 is 2.63 bits per heavy atom. The van der Waals surface area contributed by atoms with Crippen molar-refractivity contribution < 1.29 is 13.9 Å².